The number of phosphoric ester groups is 1. The average molecular weight is 708 g/mol. The molecule has 1 aliphatic heterocycles. The Morgan fingerprint density at radius 3 is 1.37 bits per heavy atom. The van der Waals surface area contributed by atoms with Crippen LogP contribution in [0.4, 0.5) is 0 Å². The largest absolute Gasteiger partial charge is 0.475 e. The lowest BCUT2D eigenvalue weighted by Gasteiger charge is -2.42. The Labute approximate surface area is 301 Å². The molecule has 5 aromatic rings. The highest BCUT2D eigenvalue weighted by atomic mass is 31.2. The molecule has 5 aromatic carbocycles. The molecule has 1 N–H and O–H groups in total. The van der Waals surface area contributed by atoms with Gasteiger partial charge in [-0.1, -0.05) is 152 Å². The van der Waals surface area contributed by atoms with Gasteiger partial charge in [-0.05, 0) is 34.2 Å². The molecule has 0 saturated carbocycles. The molecular weight excluding hydrogens is 661 g/mol. The lowest BCUT2D eigenvalue weighted by Crippen LogP contribution is -2.61. The average Bonchev–Trinajstić information content (AvgIpc) is 3.19. The van der Waals surface area contributed by atoms with Crippen LogP contribution in [0.3, 0.4) is 0 Å². The van der Waals surface area contributed by atoms with E-state index in [2.05, 4.69) is 17.4 Å². The van der Waals surface area contributed by atoms with Crippen molar-refractivity contribution < 1.29 is 32.3 Å². The van der Waals surface area contributed by atoms with Crippen LogP contribution in [0.2, 0.25) is 0 Å². The Balaban J connectivity index is 1.19. The van der Waals surface area contributed by atoms with E-state index in [9.17, 15) is 4.57 Å². The van der Waals surface area contributed by atoms with Crippen molar-refractivity contribution in [3.05, 3.63) is 179 Å². The first-order valence-electron chi connectivity index (χ1n) is 17.4. The maximum absolute atomic E-state index is 14.2. The molecule has 0 spiro atoms. The van der Waals surface area contributed by atoms with E-state index >= 15 is 0 Å². The first-order valence-corrected chi connectivity index (χ1v) is 18.9. The van der Waals surface area contributed by atoms with Crippen LogP contribution in [0.5, 0.6) is 0 Å². The van der Waals surface area contributed by atoms with Crippen LogP contribution < -0.4 is 5.32 Å². The highest BCUT2D eigenvalue weighted by molar-refractivity contribution is 7.48. The first kappa shape index (κ1) is 36.8. The van der Waals surface area contributed by atoms with Gasteiger partial charge in [0.05, 0.1) is 58.4 Å². The molecule has 266 valence electrons. The Morgan fingerprint density at radius 2 is 0.902 bits per heavy atom. The van der Waals surface area contributed by atoms with Gasteiger partial charge in [-0.2, -0.15) is 0 Å². The molecule has 0 unspecified atom stereocenters. The normalized spacial score (nSPS) is 19.1. The minimum atomic E-state index is -3.99. The fourth-order valence-corrected chi connectivity index (χ4v) is 7.16. The van der Waals surface area contributed by atoms with Gasteiger partial charge in [0, 0.05) is 6.04 Å². The van der Waals surface area contributed by atoms with Crippen molar-refractivity contribution in [2.45, 2.75) is 63.7 Å². The van der Waals surface area contributed by atoms with Crippen LogP contribution in [0.15, 0.2) is 152 Å². The van der Waals surface area contributed by atoms with E-state index in [1.165, 1.54) is 0 Å². The number of piperidine rings is 1. The van der Waals surface area contributed by atoms with Crippen LogP contribution in [0.25, 0.3) is 0 Å². The van der Waals surface area contributed by atoms with Gasteiger partial charge < -0.3 is 19.5 Å². The Bertz CT molecular complexity index is 1690. The van der Waals surface area contributed by atoms with E-state index in [-0.39, 0.29) is 44.1 Å². The quantitative estimate of drug-likeness (QED) is 0.0855. The van der Waals surface area contributed by atoms with E-state index in [0.717, 1.165) is 27.8 Å². The topological polar surface area (TPSA) is 84.5 Å². The number of ether oxygens (including phenoxy) is 3. The van der Waals surface area contributed by atoms with E-state index in [1.807, 2.05) is 140 Å². The van der Waals surface area contributed by atoms with E-state index in [4.69, 9.17) is 27.8 Å². The predicted molar refractivity (Wildman–Crippen MR) is 197 cm³/mol. The zero-order chi connectivity index (χ0) is 35.0. The summed E-state index contributed by atoms with van der Waals surface area (Å²) >= 11 is 0. The maximum Gasteiger partial charge on any atom is 0.475 e. The minimum Gasteiger partial charge on any atom is -0.375 e. The first-order chi connectivity index (χ1) is 25.1. The smallest absolute Gasteiger partial charge is 0.375 e. The summed E-state index contributed by atoms with van der Waals surface area (Å²) in [5.74, 6) is 0. The number of nitrogens with one attached hydrogen (secondary N) is 1. The van der Waals surface area contributed by atoms with Crippen LogP contribution in [-0.4, -0.2) is 37.5 Å². The molecule has 1 heterocycles. The minimum absolute atomic E-state index is 0.0621. The number of rotatable bonds is 19. The van der Waals surface area contributed by atoms with E-state index in [1.54, 1.807) is 0 Å². The van der Waals surface area contributed by atoms with Crippen LogP contribution in [0.1, 0.15) is 34.2 Å². The third-order valence-corrected chi connectivity index (χ3v) is 9.98. The summed E-state index contributed by atoms with van der Waals surface area (Å²) in [4.78, 5) is 0. The predicted octanol–water partition coefficient (Wildman–Crippen LogP) is 8.66. The molecule has 51 heavy (non-hydrogen) atoms. The Kier molecular flexibility index (Phi) is 14.2. The highest BCUT2D eigenvalue weighted by Gasteiger charge is 2.41. The lowest BCUT2D eigenvalue weighted by molar-refractivity contribution is -0.135. The van der Waals surface area contributed by atoms with Crippen molar-refractivity contribution in [2.24, 2.45) is 0 Å². The highest BCUT2D eigenvalue weighted by Crippen LogP contribution is 2.51. The summed E-state index contributed by atoms with van der Waals surface area (Å²) in [5.41, 5.74) is 4.95. The molecule has 1 fully saturated rings. The molecule has 0 aromatic heterocycles. The number of benzene rings is 5. The molecule has 6 rings (SSSR count). The second-order valence-electron chi connectivity index (χ2n) is 12.6. The summed E-state index contributed by atoms with van der Waals surface area (Å²) in [5, 5.41) is 3.69. The molecule has 4 atom stereocenters. The van der Waals surface area contributed by atoms with Gasteiger partial charge in [-0.3, -0.25) is 13.6 Å². The zero-order valence-electron chi connectivity index (χ0n) is 28.7. The van der Waals surface area contributed by atoms with E-state index in [0.29, 0.717) is 32.8 Å². The number of hydrogen-bond acceptors (Lipinski definition) is 8. The Hall–Kier alpha value is -3.95. The van der Waals surface area contributed by atoms with Crippen LogP contribution >= 0.6 is 7.82 Å². The third-order valence-electron chi connectivity index (χ3n) is 8.63. The standard InChI is InChI=1S/C42H46NO7P/c44-51(48-30-37-22-12-4-13-23-37,49-31-38-24-14-5-15-25-38)50-32-39-26-41(46-28-35-18-8-2-9-19-35)42(47-29-36-20-10-3-11-21-36)40(43-39)33-45-27-34-16-6-1-7-17-34/h1-25,39-43H,26-33H2/t39-,40+,41+,42+/m0/s1. The molecule has 1 aliphatic rings. The van der Waals surface area contributed by atoms with E-state index < -0.39 is 7.82 Å². The second kappa shape index (κ2) is 19.6. The molecule has 1 saturated heterocycles. The molecule has 0 amide bonds. The van der Waals surface area contributed by atoms with Gasteiger partial charge in [0.2, 0.25) is 0 Å². The van der Waals surface area contributed by atoms with Crippen molar-refractivity contribution in [1.29, 1.82) is 0 Å². The lowest BCUT2D eigenvalue weighted by atomic mass is 9.93. The van der Waals surface area contributed by atoms with Crippen molar-refractivity contribution in [2.75, 3.05) is 13.2 Å². The molecule has 0 aliphatic carbocycles. The molecular formula is C42H46NO7P. The SMILES string of the molecule is O=P(OCc1ccccc1)(OCc1ccccc1)OC[C@@H]1C[C@@H](OCc2ccccc2)[C@H](OCc2ccccc2)[C@@H](COCc2ccccc2)N1. The summed E-state index contributed by atoms with van der Waals surface area (Å²) in [6.07, 6.45) is -0.112. The third kappa shape index (κ3) is 12.1. The summed E-state index contributed by atoms with van der Waals surface area (Å²) in [6, 6.07) is 48.9. The van der Waals surface area contributed by atoms with Crippen molar-refractivity contribution in [3.8, 4) is 0 Å². The molecule has 0 bridgehead atoms. The van der Waals surface area contributed by atoms with Gasteiger partial charge in [-0.25, -0.2) is 4.57 Å². The van der Waals surface area contributed by atoms with Crippen LogP contribution in [-0.2, 0) is 65.4 Å². The van der Waals surface area contributed by atoms with Gasteiger partial charge in [0.1, 0.15) is 6.10 Å². The fourth-order valence-electron chi connectivity index (χ4n) is 5.96. The summed E-state index contributed by atoms with van der Waals surface area (Å²) in [7, 11) is -3.99. The van der Waals surface area contributed by atoms with Crippen molar-refractivity contribution in [1.82, 2.24) is 5.32 Å². The molecule has 8 nitrogen and oxygen atoms in total. The number of phosphoric acid groups is 1. The summed E-state index contributed by atoms with van der Waals surface area (Å²) < 4.78 is 51.7. The molecule has 9 heteroatoms. The fraction of sp³-hybridized carbons (Fsp3) is 0.286. The van der Waals surface area contributed by atoms with Gasteiger partial charge in [0.25, 0.3) is 0 Å². The second-order valence-corrected chi connectivity index (χ2v) is 14.2. The maximum atomic E-state index is 14.2. The van der Waals surface area contributed by atoms with Gasteiger partial charge in [0.15, 0.2) is 0 Å². The Morgan fingerprint density at radius 1 is 0.490 bits per heavy atom. The van der Waals surface area contributed by atoms with Crippen molar-refractivity contribution >= 4 is 7.82 Å². The monoisotopic (exact) mass is 707 g/mol. The van der Waals surface area contributed by atoms with Gasteiger partial charge >= 0.3 is 7.82 Å². The summed E-state index contributed by atoms with van der Waals surface area (Å²) in [6.45, 7) is 1.88. The van der Waals surface area contributed by atoms with Gasteiger partial charge in [-0.15, -0.1) is 0 Å². The molecule has 0 radical (unpaired) electrons. The zero-order valence-corrected chi connectivity index (χ0v) is 29.6. The number of hydrogen-bond donors (Lipinski definition) is 1. The van der Waals surface area contributed by atoms with Crippen LogP contribution in [0, 0.1) is 0 Å². The van der Waals surface area contributed by atoms with Crippen molar-refractivity contribution in [3.63, 3.8) is 0 Å².